The van der Waals surface area contributed by atoms with Crippen LogP contribution in [0, 0.1) is 10.1 Å². The number of rotatable bonds is 3. The van der Waals surface area contributed by atoms with Crippen molar-refractivity contribution in [2.75, 3.05) is 0 Å². The molecule has 9 nitrogen and oxygen atoms in total. The first kappa shape index (κ1) is 15.4. The standard InChI is InChI=1S/C15H11N3O6/c1-7(15(21)22)17-12-9-5-3-2-4-8(9)11(18(23)24)6-10(12)16-13(19)14(17)20/h2-7H,1H3,(H,16,19)(H,21,22). The first-order valence-electron chi connectivity index (χ1n) is 6.90. The highest BCUT2D eigenvalue weighted by Crippen LogP contribution is 2.32. The number of hydrogen-bond donors (Lipinski definition) is 2. The summed E-state index contributed by atoms with van der Waals surface area (Å²) in [4.78, 5) is 48.4. The molecule has 1 heterocycles. The molecule has 0 saturated heterocycles. The number of carboxylic acid groups (broad SMARTS) is 1. The normalized spacial score (nSPS) is 12.4. The summed E-state index contributed by atoms with van der Waals surface area (Å²) in [6.07, 6.45) is 0. The molecule has 0 aliphatic rings. The molecule has 0 bridgehead atoms. The van der Waals surface area contributed by atoms with Crippen LogP contribution in [0.5, 0.6) is 0 Å². The molecule has 0 radical (unpaired) electrons. The second-order valence-corrected chi connectivity index (χ2v) is 5.24. The summed E-state index contributed by atoms with van der Waals surface area (Å²) in [5.74, 6) is -1.30. The minimum Gasteiger partial charge on any atom is -0.480 e. The molecular weight excluding hydrogens is 318 g/mol. The monoisotopic (exact) mass is 329 g/mol. The van der Waals surface area contributed by atoms with Gasteiger partial charge in [-0.05, 0) is 13.0 Å². The fraction of sp³-hybridized carbons (Fsp3) is 0.133. The number of hydrogen-bond acceptors (Lipinski definition) is 5. The van der Waals surface area contributed by atoms with Crippen molar-refractivity contribution in [3.8, 4) is 0 Å². The number of benzene rings is 2. The van der Waals surface area contributed by atoms with Gasteiger partial charge in [0.15, 0.2) is 0 Å². The van der Waals surface area contributed by atoms with Crippen molar-refractivity contribution >= 4 is 33.5 Å². The molecule has 3 rings (SSSR count). The molecule has 9 heteroatoms. The van der Waals surface area contributed by atoms with Gasteiger partial charge in [-0.1, -0.05) is 18.2 Å². The van der Waals surface area contributed by atoms with Crippen molar-refractivity contribution < 1.29 is 14.8 Å². The fourth-order valence-corrected chi connectivity index (χ4v) is 2.71. The van der Waals surface area contributed by atoms with Crippen molar-refractivity contribution in [2.45, 2.75) is 13.0 Å². The Morgan fingerprint density at radius 2 is 1.92 bits per heavy atom. The molecule has 0 aliphatic heterocycles. The summed E-state index contributed by atoms with van der Waals surface area (Å²) in [7, 11) is 0. The smallest absolute Gasteiger partial charge is 0.326 e. The number of nitrogens with one attached hydrogen (secondary N) is 1. The summed E-state index contributed by atoms with van der Waals surface area (Å²) in [6.45, 7) is 1.26. The Kier molecular flexibility index (Phi) is 3.40. The van der Waals surface area contributed by atoms with Gasteiger partial charge >= 0.3 is 17.1 Å². The van der Waals surface area contributed by atoms with Crippen LogP contribution in [0.25, 0.3) is 21.8 Å². The van der Waals surface area contributed by atoms with E-state index in [2.05, 4.69) is 4.98 Å². The molecule has 1 atom stereocenters. The van der Waals surface area contributed by atoms with Crippen LogP contribution in [0.1, 0.15) is 13.0 Å². The predicted molar refractivity (Wildman–Crippen MR) is 85.3 cm³/mol. The van der Waals surface area contributed by atoms with Gasteiger partial charge in [0.1, 0.15) is 6.04 Å². The van der Waals surface area contributed by atoms with E-state index in [9.17, 15) is 29.6 Å². The molecule has 0 spiro atoms. The molecule has 0 amide bonds. The number of nitro benzene ring substituents is 1. The van der Waals surface area contributed by atoms with Crippen molar-refractivity contribution in [3.63, 3.8) is 0 Å². The van der Waals surface area contributed by atoms with Crippen LogP contribution >= 0.6 is 0 Å². The number of nitrogens with zero attached hydrogens (tertiary/aromatic N) is 2. The van der Waals surface area contributed by atoms with Gasteiger partial charge in [0.25, 0.3) is 5.69 Å². The minimum absolute atomic E-state index is 0.0260. The molecule has 0 saturated carbocycles. The first-order chi connectivity index (χ1) is 11.3. The summed E-state index contributed by atoms with van der Waals surface area (Å²) < 4.78 is 0.850. The van der Waals surface area contributed by atoms with Crippen LogP contribution < -0.4 is 11.1 Å². The zero-order valence-electron chi connectivity index (χ0n) is 12.3. The lowest BCUT2D eigenvalue weighted by atomic mass is 10.1. The van der Waals surface area contributed by atoms with E-state index in [0.29, 0.717) is 5.39 Å². The predicted octanol–water partition coefficient (Wildman–Crippen LogP) is 1.40. The summed E-state index contributed by atoms with van der Waals surface area (Å²) >= 11 is 0. The lowest BCUT2D eigenvalue weighted by Gasteiger charge is -2.15. The van der Waals surface area contributed by atoms with Crippen molar-refractivity contribution in [2.24, 2.45) is 0 Å². The molecule has 3 aromatic rings. The summed E-state index contributed by atoms with van der Waals surface area (Å²) in [6, 6.07) is 6.05. The average Bonchev–Trinajstić information content (AvgIpc) is 2.54. The Morgan fingerprint density at radius 3 is 2.50 bits per heavy atom. The number of non-ortho nitro benzene ring substituents is 1. The van der Waals surface area contributed by atoms with Gasteiger partial charge in [0.2, 0.25) is 0 Å². The number of fused-ring (bicyclic) bond motifs is 3. The van der Waals surface area contributed by atoms with Gasteiger partial charge in [-0.25, -0.2) is 4.79 Å². The third kappa shape index (κ3) is 2.14. The zero-order chi connectivity index (χ0) is 17.6. The fourth-order valence-electron chi connectivity index (χ4n) is 2.71. The van der Waals surface area contributed by atoms with Crippen molar-refractivity contribution in [1.82, 2.24) is 9.55 Å². The highest BCUT2D eigenvalue weighted by molar-refractivity contribution is 6.09. The van der Waals surface area contributed by atoms with E-state index >= 15 is 0 Å². The number of aromatic nitrogens is 2. The summed E-state index contributed by atoms with van der Waals surface area (Å²) in [5, 5.41) is 21.1. The highest BCUT2D eigenvalue weighted by atomic mass is 16.6. The quantitative estimate of drug-likeness (QED) is 0.323. The van der Waals surface area contributed by atoms with E-state index in [1.807, 2.05) is 0 Å². The Hall–Kier alpha value is -3.49. The third-order valence-corrected chi connectivity index (χ3v) is 3.84. The van der Waals surface area contributed by atoms with E-state index in [1.165, 1.54) is 19.1 Å². The molecule has 0 aliphatic carbocycles. The topological polar surface area (TPSA) is 135 Å². The first-order valence-corrected chi connectivity index (χ1v) is 6.90. The third-order valence-electron chi connectivity index (χ3n) is 3.84. The molecule has 1 unspecified atom stereocenters. The Morgan fingerprint density at radius 1 is 1.29 bits per heavy atom. The van der Waals surface area contributed by atoms with Gasteiger partial charge in [0.05, 0.1) is 21.3 Å². The second kappa shape index (κ2) is 5.30. The number of nitro groups is 1. The maximum absolute atomic E-state index is 12.2. The van der Waals surface area contributed by atoms with Crippen LogP contribution in [0.3, 0.4) is 0 Å². The average molecular weight is 329 g/mol. The van der Waals surface area contributed by atoms with Crippen LogP contribution in [0.4, 0.5) is 5.69 Å². The highest BCUT2D eigenvalue weighted by Gasteiger charge is 2.23. The largest absolute Gasteiger partial charge is 0.480 e. The van der Waals surface area contributed by atoms with E-state index in [4.69, 9.17) is 0 Å². The Balaban J connectivity index is 2.66. The summed E-state index contributed by atoms with van der Waals surface area (Å²) in [5.41, 5.74) is -2.16. The molecule has 2 aromatic carbocycles. The number of carboxylic acids is 1. The molecular formula is C15H11N3O6. The maximum Gasteiger partial charge on any atom is 0.326 e. The zero-order valence-corrected chi connectivity index (χ0v) is 12.3. The van der Waals surface area contributed by atoms with E-state index in [-0.39, 0.29) is 22.1 Å². The lowest BCUT2D eigenvalue weighted by molar-refractivity contribution is -0.382. The lowest BCUT2D eigenvalue weighted by Crippen LogP contribution is -2.39. The molecule has 122 valence electrons. The van der Waals surface area contributed by atoms with Crippen LogP contribution in [0.2, 0.25) is 0 Å². The maximum atomic E-state index is 12.2. The van der Waals surface area contributed by atoms with Gasteiger partial charge in [-0.2, -0.15) is 0 Å². The number of aliphatic carboxylic acids is 1. The molecule has 24 heavy (non-hydrogen) atoms. The van der Waals surface area contributed by atoms with Gasteiger partial charge in [-0.3, -0.25) is 24.3 Å². The molecule has 1 aromatic heterocycles. The van der Waals surface area contributed by atoms with Crippen molar-refractivity contribution in [3.05, 3.63) is 61.2 Å². The van der Waals surface area contributed by atoms with Crippen molar-refractivity contribution in [1.29, 1.82) is 0 Å². The van der Waals surface area contributed by atoms with Crippen LogP contribution in [-0.4, -0.2) is 25.6 Å². The van der Waals surface area contributed by atoms with Crippen LogP contribution in [-0.2, 0) is 4.79 Å². The number of H-pyrrole nitrogens is 1. The van der Waals surface area contributed by atoms with E-state index in [0.717, 1.165) is 10.6 Å². The van der Waals surface area contributed by atoms with E-state index in [1.54, 1.807) is 12.1 Å². The molecule has 0 fully saturated rings. The number of carbonyl (C=O) groups is 1. The second-order valence-electron chi connectivity index (χ2n) is 5.24. The SMILES string of the molecule is CC(C(=O)O)n1c(=O)c(=O)[nH]c2cc([N+](=O)[O-])c3ccccc3c21. The van der Waals surface area contributed by atoms with Gasteiger partial charge < -0.3 is 10.1 Å². The van der Waals surface area contributed by atoms with Gasteiger partial charge in [-0.15, -0.1) is 0 Å². The Labute approximate surface area is 132 Å². The minimum atomic E-state index is -1.31. The number of aromatic amines is 1. The van der Waals surface area contributed by atoms with Crippen LogP contribution in [0.15, 0.2) is 39.9 Å². The Bertz CT molecular complexity index is 1130. The van der Waals surface area contributed by atoms with E-state index < -0.39 is 28.1 Å². The van der Waals surface area contributed by atoms with Gasteiger partial charge in [0, 0.05) is 11.5 Å². The molecule has 2 N–H and O–H groups in total.